The van der Waals surface area contributed by atoms with Crippen LogP contribution in [0.2, 0.25) is 0 Å². The Morgan fingerprint density at radius 1 is 1.30 bits per heavy atom. The molecule has 1 nitrogen and oxygen atoms in total. The second-order valence-corrected chi connectivity index (χ2v) is 2.70. The summed E-state index contributed by atoms with van der Waals surface area (Å²) in [6.45, 7) is 1.97. The lowest BCUT2D eigenvalue weighted by Crippen LogP contribution is -2.14. The Kier molecular flexibility index (Phi) is 6.03. The van der Waals surface area contributed by atoms with E-state index in [9.17, 15) is 4.39 Å². The van der Waals surface area contributed by atoms with Crippen LogP contribution in [0, 0.1) is 5.92 Å². The van der Waals surface area contributed by atoms with Crippen LogP contribution in [0.15, 0.2) is 0 Å². The summed E-state index contributed by atoms with van der Waals surface area (Å²) in [5.74, 6) is 0.347. The molecule has 10 heavy (non-hydrogen) atoms. The molecule has 0 bridgehead atoms. The molecule has 0 saturated carbocycles. The van der Waals surface area contributed by atoms with Crippen LogP contribution in [-0.2, 0) is 0 Å². The van der Waals surface area contributed by atoms with Gasteiger partial charge in [0.2, 0.25) is 0 Å². The first-order chi connectivity index (χ1) is 4.43. The van der Waals surface area contributed by atoms with Gasteiger partial charge in [0.1, 0.15) is 0 Å². The van der Waals surface area contributed by atoms with E-state index in [2.05, 4.69) is 5.32 Å². The number of hydrogen-bond donors (Lipinski definition) is 1. The maximum absolute atomic E-state index is 12.0. The molecule has 0 aromatic heterocycles. The van der Waals surface area contributed by atoms with Gasteiger partial charge in [-0.3, -0.25) is 4.39 Å². The van der Waals surface area contributed by atoms with Crippen molar-refractivity contribution in [3.8, 4) is 0 Å². The molecular formula is C7H15ClFN. The van der Waals surface area contributed by atoms with E-state index >= 15 is 0 Å². The highest BCUT2D eigenvalue weighted by Crippen LogP contribution is 2.12. The maximum Gasteiger partial charge on any atom is 0.0923 e. The fraction of sp³-hybridized carbons (Fsp3) is 1.00. The van der Waals surface area contributed by atoms with Crippen molar-refractivity contribution in [1.82, 2.24) is 5.32 Å². The van der Waals surface area contributed by atoms with Gasteiger partial charge in [-0.05, 0) is 38.3 Å². The van der Waals surface area contributed by atoms with Crippen molar-refractivity contribution < 1.29 is 4.39 Å². The van der Waals surface area contributed by atoms with E-state index in [1.54, 1.807) is 0 Å². The van der Waals surface area contributed by atoms with Gasteiger partial charge in [-0.15, -0.1) is 12.4 Å². The average molecular weight is 168 g/mol. The molecule has 62 valence electrons. The fourth-order valence-electron chi connectivity index (χ4n) is 1.25. The molecule has 1 N–H and O–H groups in total. The second-order valence-electron chi connectivity index (χ2n) is 2.70. The quantitative estimate of drug-likeness (QED) is 0.628. The summed E-state index contributed by atoms with van der Waals surface area (Å²) in [5.41, 5.74) is 0. The maximum atomic E-state index is 12.0. The molecule has 0 aromatic carbocycles. The number of halogens is 2. The molecule has 0 radical (unpaired) electrons. The van der Waals surface area contributed by atoms with E-state index in [1.165, 1.54) is 0 Å². The molecule has 1 unspecified atom stereocenters. The van der Waals surface area contributed by atoms with Crippen molar-refractivity contribution in [3.63, 3.8) is 0 Å². The Hall–Kier alpha value is 0.180. The van der Waals surface area contributed by atoms with Gasteiger partial charge in [0.25, 0.3) is 0 Å². The lowest BCUT2D eigenvalue weighted by molar-refractivity contribution is 0.337. The Morgan fingerprint density at radius 2 is 2.10 bits per heavy atom. The van der Waals surface area contributed by atoms with E-state index in [4.69, 9.17) is 0 Å². The second kappa shape index (κ2) is 5.93. The summed E-state index contributed by atoms with van der Waals surface area (Å²) in [5, 5.41) is 3.24. The highest BCUT2D eigenvalue weighted by atomic mass is 35.5. The lowest BCUT2D eigenvalue weighted by Gasteiger charge is -2.05. The minimum atomic E-state index is -0.123. The molecule has 3 heteroatoms. The van der Waals surface area contributed by atoms with Crippen LogP contribution < -0.4 is 5.32 Å². The molecular weight excluding hydrogens is 153 g/mol. The highest BCUT2D eigenvalue weighted by Gasteiger charge is 2.09. The van der Waals surface area contributed by atoms with Crippen molar-refractivity contribution in [2.24, 2.45) is 5.92 Å². The Bertz CT molecular complexity index is 72.0. The molecule has 1 rings (SSSR count). The molecule has 0 amide bonds. The van der Waals surface area contributed by atoms with Crippen LogP contribution in [0.1, 0.15) is 19.3 Å². The largest absolute Gasteiger partial charge is 0.317 e. The predicted octanol–water partition coefficient (Wildman–Crippen LogP) is 1.77. The summed E-state index contributed by atoms with van der Waals surface area (Å²) in [4.78, 5) is 0. The zero-order chi connectivity index (χ0) is 6.53. The van der Waals surface area contributed by atoms with Gasteiger partial charge >= 0.3 is 0 Å². The molecule has 1 atom stereocenters. The Labute approximate surface area is 67.8 Å². The van der Waals surface area contributed by atoms with E-state index in [-0.39, 0.29) is 19.1 Å². The summed E-state index contributed by atoms with van der Waals surface area (Å²) >= 11 is 0. The van der Waals surface area contributed by atoms with Crippen LogP contribution >= 0.6 is 12.4 Å². The standard InChI is InChI=1S/C7H14FN.ClH/c8-6-7-2-1-4-9-5-3-7;/h7,9H,1-6H2;1H. The van der Waals surface area contributed by atoms with Gasteiger partial charge in [0.15, 0.2) is 0 Å². The minimum absolute atomic E-state index is 0. The third-order valence-corrected chi connectivity index (χ3v) is 1.91. The monoisotopic (exact) mass is 167 g/mol. The van der Waals surface area contributed by atoms with E-state index in [1.807, 2.05) is 0 Å². The van der Waals surface area contributed by atoms with Crippen LogP contribution in [0.5, 0.6) is 0 Å². The fourth-order valence-corrected chi connectivity index (χ4v) is 1.25. The van der Waals surface area contributed by atoms with E-state index in [0.29, 0.717) is 5.92 Å². The van der Waals surface area contributed by atoms with Crippen molar-refractivity contribution in [2.45, 2.75) is 19.3 Å². The molecule has 1 aliphatic rings. The summed E-state index contributed by atoms with van der Waals surface area (Å²) in [6, 6.07) is 0. The molecule has 1 saturated heterocycles. The number of alkyl halides is 1. The van der Waals surface area contributed by atoms with Crippen molar-refractivity contribution >= 4 is 12.4 Å². The molecule has 0 aromatic rings. The van der Waals surface area contributed by atoms with Gasteiger partial charge in [-0.25, -0.2) is 0 Å². The highest BCUT2D eigenvalue weighted by molar-refractivity contribution is 5.85. The first kappa shape index (κ1) is 10.2. The third-order valence-electron chi connectivity index (χ3n) is 1.91. The van der Waals surface area contributed by atoms with Crippen molar-refractivity contribution in [2.75, 3.05) is 19.8 Å². The third kappa shape index (κ3) is 3.37. The molecule has 1 heterocycles. The molecule has 0 aliphatic carbocycles. The normalized spacial score (nSPS) is 26.7. The smallest absolute Gasteiger partial charge is 0.0923 e. The molecule has 0 spiro atoms. The zero-order valence-electron chi connectivity index (χ0n) is 6.11. The number of nitrogens with one attached hydrogen (secondary N) is 1. The lowest BCUT2D eigenvalue weighted by atomic mass is 10.0. The Morgan fingerprint density at radius 3 is 2.80 bits per heavy atom. The average Bonchev–Trinajstić information content (AvgIpc) is 2.13. The first-order valence-electron chi connectivity index (χ1n) is 3.70. The summed E-state index contributed by atoms with van der Waals surface area (Å²) in [6.07, 6.45) is 3.24. The topological polar surface area (TPSA) is 12.0 Å². The van der Waals surface area contributed by atoms with Gasteiger partial charge in [0.05, 0.1) is 6.67 Å². The van der Waals surface area contributed by atoms with Crippen molar-refractivity contribution in [3.05, 3.63) is 0 Å². The van der Waals surface area contributed by atoms with Crippen LogP contribution in [-0.4, -0.2) is 19.8 Å². The van der Waals surface area contributed by atoms with Gasteiger partial charge in [-0.2, -0.15) is 0 Å². The zero-order valence-corrected chi connectivity index (χ0v) is 6.92. The summed E-state index contributed by atoms with van der Waals surface area (Å²) < 4.78 is 12.0. The van der Waals surface area contributed by atoms with Crippen LogP contribution in [0.4, 0.5) is 4.39 Å². The summed E-state index contributed by atoms with van der Waals surface area (Å²) in [7, 11) is 0. The minimum Gasteiger partial charge on any atom is -0.317 e. The van der Waals surface area contributed by atoms with E-state index in [0.717, 1.165) is 32.4 Å². The van der Waals surface area contributed by atoms with Crippen LogP contribution in [0.25, 0.3) is 0 Å². The number of rotatable bonds is 1. The van der Waals surface area contributed by atoms with E-state index < -0.39 is 0 Å². The van der Waals surface area contributed by atoms with Crippen LogP contribution in [0.3, 0.4) is 0 Å². The van der Waals surface area contributed by atoms with Gasteiger partial charge in [-0.1, -0.05) is 0 Å². The first-order valence-corrected chi connectivity index (χ1v) is 3.70. The predicted molar refractivity (Wildman–Crippen MR) is 43.4 cm³/mol. The molecule has 1 fully saturated rings. The Balaban J connectivity index is 0.000000810. The molecule has 1 aliphatic heterocycles. The number of hydrogen-bond acceptors (Lipinski definition) is 1. The van der Waals surface area contributed by atoms with Crippen molar-refractivity contribution in [1.29, 1.82) is 0 Å². The van der Waals surface area contributed by atoms with Gasteiger partial charge in [0, 0.05) is 0 Å². The SMILES string of the molecule is Cl.FCC1CCCNCC1. The van der Waals surface area contributed by atoms with Gasteiger partial charge < -0.3 is 5.32 Å².